The van der Waals surface area contributed by atoms with E-state index < -0.39 is 0 Å². The smallest absolute Gasteiger partial charge is 0.116 e. The van der Waals surface area contributed by atoms with Gasteiger partial charge < -0.3 is 0 Å². The first-order chi connectivity index (χ1) is 8.95. The van der Waals surface area contributed by atoms with Crippen molar-refractivity contribution in [2.24, 2.45) is 0 Å². The van der Waals surface area contributed by atoms with E-state index in [0.717, 1.165) is 27.3 Å². The molecule has 0 radical (unpaired) electrons. The van der Waals surface area contributed by atoms with Gasteiger partial charge in [-0.3, -0.25) is 15.0 Å². The molecule has 2 aromatic carbocycles. The molecular weight excluding hydrogens is 222 g/mol. The van der Waals surface area contributed by atoms with Crippen molar-refractivity contribution in [3.05, 3.63) is 55.0 Å². The van der Waals surface area contributed by atoms with Crippen LogP contribution < -0.4 is 0 Å². The fourth-order valence-electron chi connectivity index (χ4n) is 2.44. The number of hydrogen-bond acceptors (Lipinski definition) is 3. The maximum Gasteiger partial charge on any atom is 0.116 e. The third-order valence-electron chi connectivity index (χ3n) is 3.20. The van der Waals surface area contributed by atoms with Gasteiger partial charge in [0.05, 0.1) is 11.0 Å². The second-order valence-electron chi connectivity index (χ2n) is 4.20. The molecule has 0 saturated heterocycles. The Labute approximate surface area is 103 Å². The fourth-order valence-corrected chi connectivity index (χ4v) is 2.44. The first kappa shape index (κ1) is 9.48. The number of hydrogen-bond donors (Lipinski definition) is 0. The lowest BCUT2D eigenvalue weighted by Crippen LogP contribution is -1.89. The van der Waals surface area contributed by atoms with Gasteiger partial charge in [0.25, 0.3) is 0 Å². The quantitative estimate of drug-likeness (QED) is 0.436. The Bertz CT molecular complexity index is 663. The van der Waals surface area contributed by atoms with E-state index in [9.17, 15) is 0 Å². The molecule has 84 valence electrons. The Morgan fingerprint density at radius 3 is 1.83 bits per heavy atom. The van der Waals surface area contributed by atoms with Gasteiger partial charge in [-0.15, -0.1) is 0 Å². The van der Waals surface area contributed by atoms with E-state index in [4.69, 9.17) is 0 Å². The molecule has 0 aliphatic carbocycles. The zero-order valence-electron chi connectivity index (χ0n) is 9.54. The van der Waals surface area contributed by atoms with E-state index in [1.165, 1.54) is 5.39 Å². The number of rotatable bonds is 0. The molecule has 18 heavy (non-hydrogen) atoms. The van der Waals surface area contributed by atoms with Crippen LogP contribution in [0.4, 0.5) is 0 Å². The third kappa shape index (κ3) is 1.16. The van der Waals surface area contributed by atoms with Crippen molar-refractivity contribution >= 4 is 32.7 Å². The molecule has 0 bridgehead atoms. The molecule has 3 heteroatoms. The van der Waals surface area contributed by atoms with Crippen LogP contribution in [0.1, 0.15) is 0 Å². The van der Waals surface area contributed by atoms with Crippen LogP contribution in [0.25, 0.3) is 32.7 Å². The van der Waals surface area contributed by atoms with Gasteiger partial charge in [0, 0.05) is 29.4 Å². The summed E-state index contributed by atoms with van der Waals surface area (Å²) in [7, 11) is 0. The van der Waals surface area contributed by atoms with Crippen LogP contribution in [-0.2, 0) is 0 Å². The molecule has 0 saturated carbocycles. The van der Waals surface area contributed by atoms with Gasteiger partial charge in [0.2, 0.25) is 0 Å². The monoisotopic (exact) mass is 231 g/mol. The molecule has 2 heterocycles. The maximum absolute atomic E-state index is 4.46. The Kier molecular flexibility index (Phi) is 1.83. The topological polar surface area (TPSA) is 38.7 Å². The van der Waals surface area contributed by atoms with E-state index in [-0.39, 0.29) is 0 Å². The van der Waals surface area contributed by atoms with Gasteiger partial charge in [-0.2, -0.15) is 0 Å². The van der Waals surface area contributed by atoms with Gasteiger partial charge in [-0.25, -0.2) is 0 Å². The zero-order valence-corrected chi connectivity index (χ0v) is 9.54. The maximum atomic E-state index is 4.46. The van der Waals surface area contributed by atoms with Crippen LogP contribution >= 0.6 is 0 Å². The lowest BCUT2D eigenvalue weighted by atomic mass is 10.0. The Morgan fingerprint density at radius 1 is 0.500 bits per heavy atom. The largest absolute Gasteiger partial charge is 0.254 e. The van der Waals surface area contributed by atoms with Crippen molar-refractivity contribution in [3.8, 4) is 0 Å². The molecule has 2 aromatic heterocycles. The van der Waals surface area contributed by atoms with Gasteiger partial charge in [-0.1, -0.05) is 30.3 Å². The average Bonchev–Trinajstić information content (AvgIpc) is 2.48. The highest BCUT2D eigenvalue weighted by molar-refractivity contribution is 6.21. The number of aromatic nitrogens is 3. The fraction of sp³-hybridized carbons (Fsp3) is 0. The number of benzene rings is 2. The van der Waals surface area contributed by atoms with E-state index in [2.05, 4.69) is 33.2 Å². The first-order valence-corrected chi connectivity index (χ1v) is 5.81. The van der Waals surface area contributed by atoms with Crippen molar-refractivity contribution in [3.63, 3.8) is 0 Å². The van der Waals surface area contributed by atoms with Gasteiger partial charge in [0.1, 0.15) is 5.52 Å². The molecule has 0 atom stereocenters. The number of pyridine rings is 1. The summed E-state index contributed by atoms with van der Waals surface area (Å²) in [4.78, 5) is 13.3. The Morgan fingerprint density at radius 2 is 1.06 bits per heavy atom. The highest BCUT2D eigenvalue weighted by Crippen LogP contribution is 2.30. The summed E-state index contributed by atoms with van der Waals surface area (Å²) in [5, 5.41) is 3.43. The van der Waals surface area contributed by atoms with E-state index >= 15 is 0 Å². The Balaban J connectivity index is 2.46. The van der Waals surface area contributed by atoms with Crippen LogP contribution in [0.3, 0.4) is 0 Å². The molecule has 0 fully saturated rings. The average molecular weight is 231 g/mol. The lowest BCUT2D eigenvalue weighted by molar-refractivity contribution is 1.30. The molecule has 0 amide bonds. The van der Waals surface area contributed by atoms with Crippen molar-refractivity contribution in [2.75, 3.05) is 0 Å². The normalized spacial score (nSPS) is 11.3. The molecule has 0 N–H and O–H groups in total. The molecular formula is C15H9N3. The standard InChI is InChI=1S/C15H9N3/c1-2-5-11-10(4-1)12-6-3-7-16-13(12)15-14(11)17-8-9-18-15/h1-9H. The minimum atomic E-state index is 0.867. The number of nitrogens with zero attached hydrogens (tertiary/aromatic N) is 3. The van der Waals surface area contributed by atoms with Gasteiger partial charge in [-0.05, 0) is 11.5 Å². The van der Waals surface area contributed by atoms with Gasteiger partial charge in [0.15, 0.2) is 0 Å². The second-order valence-corrected chi connectivity index (χ2v) is 4.20. The highest BCUT2D eigenvalue weighted by atomic mass is 14.8. The highest BCUT2D eigenvalue weighted by Gasteiger charge is 2.09. The van der Waals surface area contributed by atoms with Crippen LogP contribution in [0.2, 0.25) is 0 Å². The molecule has 4 aromatic rings. The molecule has 0 unspecified atom stereocenters. The first-order valence-electron chi connectivity index (χ1n) is 5.81. The van der Waals surface area contributed by atoms with Crippen molar-refractivity contribution in [2.45, 2.75) is 0 Å². The summed E-state index contributed by atoms with van der Waals surface area (Å²) in [5.74, 6) is 0. The van der Waals surface area contributed by atoms with Crippen molar-refractivity contribution in [1.82, 2.24) is 15.0 Å². The predicted octanol–water partition coefficient (Wildman–Crippen LogP) is 3.33. The second kappa shape index (κ2) is 3.47. The van der Waals surface area contributed by atoms with Crippen molar-refractivity contribution < 1.29 is 0 Å². The summed E-state index contributed by atoms with van der Waals surface area (Å²) < 4.78 is 0. The lowest BCUT2D eigenvalue weighted by Gasteiger charge is -2.06. The molecule has 0 spiro atoms. The molecule has 4 rings (SSSR count). The third-order valence-corrected chi connectivity index (χ3v) is 3.20. The van der Waals surface area contributed by atoms with Crippen LogP contribution in [0, 0.1) is 0 Å². The molecule has 0 aliphatic rings. The summed E-state index contributed by atoms with van der Waals surface area (Å²) in [5.41, 5.74) is 2.70. The summed E-state index contributed by atoms with van der Waals surface area (Å²) >= 11 is 0. The van der Waals surface area contributed by atoms with Crippen molar-refractivity contribution in [1.29, 1.82) is 0 Å². The predicted molar refractivity (Wildman–Crippen MR) is 72.3 cm³/mol. The van der Waals surface area contributed by atoms with E-state index in [1.807, 2.05) is 18.2 Å². The van der Waals surface area contributed by atoms with E-state index in [0.29, 0.717) is 0 Å². The minimum Gasteiger partial charge on any atom is -0.254 e. The van der Waals surface area contributed by atoms with Crippen LogP contribution in [-0.4, -0.2) is 15.0 Å². The van der Waals surface area contributed by atoms with Gasteiger partial charge >= 0.3 is 0 Å². The number of fused-ring (bicyclic) bond motifs is 6. The molecule has 0 aliphatic heterocycles. The summed E-state index contributed by atoms with van der Waals surface area (Å²) in [6.07, 6.45) is 5.24. The summed E-state index contributed by atoms with van der Waals surface area (Å²) in [6.45, 7) is 0. The molecule has 3 nitrogen and oxygen atoms in total. The van der Waals surface area contributed by atoms with E-state index in [1.54, 1.807) is 18.6 Å². The van der Waals surface area contributed by atoms with Crippen LogP contribution in [0.5, 0.6) is 0 Å². The SMILES string of the molecule is c1ccc2c(c1)c1cccnc1c1nccnc21. The Hall–Kier alpha value is -2.55. The van der Waals surface area contributed by atoms with Crippen LogP contribution in [0.15, 0.2) is 55.0 Å². The minimum absolute atomic E-state index is 0.867. The summed E-state index contributed by atoms with van der Waals surface area (Å²) in [6, 6.07) is 12.3. The zero-order chi connectivity index (χ0) is 11.9.